The van der Waals surface area contributed by atoms with Crippen LogP contribution in [0.2, 0.25) is 0 Å². The van der Waals surface area contributed by atoms with Crippen molar-refractivity contribution in [2.45, 2.75) is 31.7 Å². The number of rotatable bonds is 5. The van der Waals surface area contributed by atoms with Crippen LogP contribution in [0.15, 0.2) is 28.7 Å². The standard InChI is InChI=1S/C13H17BrN2O/c1-2-13(12(15)17,9-3-4-9)16-11-7-5-10(14)6-8-11/h5-9,16H,2-4H2,1H3,(H2,15,17). The fraction of sp³-hybridized carbons (Fsp3) is 0.462. The molecule has 1 aliphatic carbocycles. The van der Waals surface area contributed by atoms with Crippen molar-refractivity contribution in [3.63, 3.8) is 0 Å². The molecular formula is C13H17BrN2O. The predicted molar refractivity (Wildman–Crippen MR) is 72.7 cm³/mol. The van der Waals surface area contributed by atoms with Gasteiger partial charge in [0.1, 0.15) is 5.54 Å². The number of primary amides is 1. The summed E-state index contributed by atoms with van der Waals surface area (Å²) in [6, 6.07) is 7.83. The zero-order valence-electron chi connectivity index (χ0n) is 9.87. The lowest BCUT2D eigenvalue weighted by molar-refractivity contribution is -0.123. The minimum atomic E-state index is -0.576. The third kappa shape index (κ3) is 2.46. The van der Waals surface area contributed by atoms with E-state index in [0.717, 1.165) is 29.4 Å². The van der Waals surface area contributed by atoms with Crippen LogP contribution in [0.4, 0.5) is 5.69 Å². The smallest absolute Gasteiger partial charge is 0.243 e. The van der Waals surface area contributed by atoms with Gasteiger partial charge in [-0.3, -0.25) is 4.79 Å². The van der Waals surface area contributed by atoms with Crippen molar-refractivity contribution >= 4 is 27.5 Å². The van der Waals surface area contributed by atoms with E-state index >= 15 is 0 Å². The van der Waals surface area contributed by atoms with E-state index in [0.29, 0.717) is 5.92 Å². The van der Waals surface area contributed by atoms with Crippen LogP contribution >= 0.6 is 15.9 Å². The molecule has 1 aliphatic rings. The number of carbonyl (C=O) groups excluding carboxylic acids is 1. The molecule has 4 heteroatoms. The molecule has 1 saturated carbocycles. The fourth-order valence-electron chi connectivity index (χ4n) is 2.28. The Morgan fingerprint density at radius 1 is 1.47 bits per heavy atom. The van der Waals surface area contributed by atoms with Gasteiger partial charge < -0.3 is 11.1 Å². The van der Waals surface area contributed by atoms with Crippen molar-refractivity contribution < 1.29 is 4.79 Å². The third-order valence-electron chi connectivity index (χ3n) is 3.48. The summed E-state index contributed by atoms with van der Waals surface area (Å²) in [6.45, 7) is 2.01. The van der Waals surface area contributed by atoms with Gasteiger partial charge in [0.15, 0.2) is 0 Å². The maximum absolute atomic E-state index is 11.8. The monoisotopic (exact) mass is 296 g/mol. The lowest BCUT2D eigenvalue weighted by Gasteiger charge is -2.32. The number of amides is 1. The van der Waals surface area contributed by atoms with E-state index in [1.165, 1.54) is 0 Å². The second kappa shape index (κ2) is 4.69. The van der Waals surface area contributed by atoms with Crippen molar-refractivity contribution in [2.75, 3.05) is 5.32 Å². The summed E-state index contributed by atoms with van der Waals surface area (Å²) in [5.74, 6) is 0.138. The van der Waals surface area contributed by atoms with Gasteiger partial charge in [0, 0.05) is 10.2 Å². The maximum atomic E-state index is 11.8. The molecule has 1 aromatic carbocycles. The van der Waals surface area contributed by atoms with E-state index in [4.69, 9.17) is 5.73 Å². The van der Waals surface area contributed by atoms with Crippen molar-refractivity contribution in [2.24, 2.45) is 11.7 Å². The van der Waals surface area contributed by atoms with E-state index in [1.807, 2.05) is 31.2 Å². The van der Waals surface area contributed by atoms with E-state index in [9.17, 15) is 4.79 Å². The largest absolute Gasteiger partial charge is 0.371 e. The van der Waals surface area contributed by atoms with Gasteiger partial charge >= 0.3 is 0 Å². The Labute approximate surface area is 110 Å². The number of hydrogen-bond donors (Lipinski definition) is 2. The summed E-state index contributed by atoms with van der Waals surface area (Å²) in [5.41, 5.74) is 5.96. The molecule has 0 aliphatic heterocycles. The third-order valence-corrected chi connectivity index (χ3v) is 4.01. The molecule has 3 nitrogen and oxygen atoms in total. The molecule has 1 unspecified atom stereocenters. The Bertz CT molecular complexity index is 414. The topological polar surface area (TPSA) is 55.1 Å². The number of halogens is 1. The Morgan fingerprint density at radius 2 is 2.06 bits per heavy atom. The lowest BCUT2D eigenvalue weighted by Crippen LogP contribution is -2.52. The van der Waals surface area contributed by atoms with Crippen molar-refractivity contribution in [3.8, 4) is 0 Å². The second-order valence-electron chi connectivity index (χ2n) is 4.60. The summed E-state index contributed by atoms with van der Waals surface area (Å²) < 4.78 is 1.02. The van der Waals surface area contributed by atoms with Crippen molar-refractivity contribution in [1.29, 1.82) is 0 Å². The first-order valence-corrected chi connectivity index (χ1v) is 6.71. The molecule has 0 radical (unpaired) electrons. The average molecular weight is 297 g/mol. The highest BCUT2D eigenvalue weighted by Crippen LogP contribution is 2.43. The van der Waals surface area contributed by atoms with Crippen LogP contribution in [-0.4, -0.2) is 11.4 Å². The molecule has 1 amide bonds. The highest BCUT2D eigenvalue weighted by Gasteiger charge is 2.48. The molecule has 17 heavy (non-hydrogen) atoms. The molecule has 1 aromatic rings. The zero-order chi connectivity index (χ0) is 12.5. The van der Waals surface area contributed by atoms with Gasteiger partial charge in [-0.25, -0.2) is 0 Å². The summed E-state index contributed by atoms with van der Waals surface area (Å²) in [4.78, 5) is 11.8. The lowest BCUT2D eigenvalue weighted by atomic mass is 9.89. The molecule has 0 heterocycles. The molecule has 0 aromatic heterocycles. The molecule has 92 valence electrons. The van der Waals surface area contributed by atoms with Gasteiger partial charge in [-0.05, 0) is 49.4 Å². The highest BCUT2D eigenvalue weighted by atomic mass is 79.9. The molecule has 0 saturated heterocycles. The van der Waals surface area contributed by atoms with E-state index in [-0.39, 0.29) is 5.91 Å². The highest BCUT2D eigenvalue weighted by molar-refractivity contribution is 9.10. The van der Waals surface area contributed by atoms with Crippen molar-refractivity contribution in [3.05, 3.63) is 28.7 Å². The molecule has 3 N–H and O–H groups in total. The van der Waals surface area contributed by atoms with E-state index in [1.54, 1.807) is 0 Å². The number of hydrogen-bond acceptors (Lipinski definition) is 2. The van der Waals surface area contributed by atoms with Crippen LogP contribution in [0.25, 0.3) is 0 Å². The Kier molecular flexibility index (Phi) is 3.43. The van der Waals surface area contributed by atoms with Crippen LogP contribution in [0, 0.1) is 5.92 Å². The average Bonchev–Trinajstić information content (AvgIpc) is 3.12. The van der Waals surface area contributed by atoms with E-state index < -0.39 is 5.54 Å². The number of benzene rings is 1. The number of nitrogens with one attached hydrogen (secondary N) is 1. The SMILES string of the molecule is CCC(Nc1ccc(Br)cc1)(C(N)=O)C1CC1. The molecular weight excluding hydrogens is 280 g/mol. The Morgan fingerprint density at radius 3 is 2.47 bits per heavy atom. The van der Waals surface area contributed by atoms with Crippen LogP contribution in [-0.2, 0) is 4.79 Å². The molecule has 2 rings (SSSR count). The maximum Gasteiger partial charge on any atom is 0.243 e. The van der Waals surface area contributed by atoms with Crippen LogP contribution in [0.5, 0.6) is 0 Å². The fourth-order valence-corrected chi connectivity index (χ4v) is 2.55. The minimum absolute atomic E-state index is 0.245. The van der Waals surface area contributed by atoms with Gasteiger partial charge in [-0.15, -0.1) is 0 Å². The normalized spacial score (nSPS) is 18.5. The van der Waals surface area contributed by atoms with Crippen LogP contribution in [0.3, 0.4) is 0 Å². The van der Waals surface area contributed by atoms with Gasteiger partial charge in [0.2, 0.25) is 5.91 Å². The number of anilines is 1. The Balaban J connectivity index is 2.23. The molecule has 1 fully saturated rings. The first-order valence-electron chi connectivity index (χ1n) is 5.92. The van der Waals surface area contributed by atoms with Gasteiger partial charge in [0.25, 0.3) is 0 Å². The number of nitrogens with two attached hydrogens (primary N) is 1. The summed E-state index contributed by atoms with van der Waals surface area (Å²) >= 11 is 3.39. The Hall–Kier alpha value is -1.03. The van der Waals surface area contributed by atoms with Crippen molar-refractivity contribution in [1.82, 2.24) is 0 Å². The second-order valence-corrected chi connectivity index (χ2v) is 5.51. The summed E-state index contributed by atoms with van der Waals surface area (Å²) in [7, 11) is 0. The first kappa shape index (κ1) is 12.4. The number of carbonyl (C=O) groups is 1. The van der Waals surface area contributed by atoms with Crippen LogP contribution in [0.1, 0.15) is 26.2 Å². The molecule has 0 spiro atoms. The zero-order valence-corrected chi connectivity index (χ0v) is 11.5. The van der Waals surface area contributed by atoms with E-state index in [2.05, 4.69) is 21.2 Å². The molecule has 1 atom stereocenters. The summed E-state index contributed by atoms with van der Waals surface area (Å²) in [5, 5.41) is 3.34. The molecule has 0 bridgehead atoms. The minimum Gasteiger partial charge on any atom is -0.371 e. The predicted octanol–water partition coefficient (Wildman–Crippen LogP) is 2.91. The quantitative estimate of drug-likeness (QED) is 0.878. The van der Waals surface area contributed by atoms with Gasteiger partial charge in [0.05, 0.1) is 0 Å². The van der Waals surface area contributed by atoms with Gasteiger partial charge in [-0.1, -0.05) is 22.9 Å². The summed E-state index contributed by atoms with van der Waals surface area (Å²) in [6.07, 6.45) is 2.89. The first-order chi connectivity index (χ1) is 8.08. The van der Waals surface area contributed by atoms with Crippen LogP contribution < -0.4 is 11.1 Å². The van der Waals surface area contributed by atoms with Gasteiger partial charge in [-0.2, -0.15) is 0 Å².